The topological polar surface area (TPSA) is 105 Å². The van der Waals surface area contributed by atoms with Gasteiger partial charge in [0.05, 0.1) is 5.92 Å². The van der Waals surface area contributed by atoms with E-state index in [0.29, 0.717) is 6.42 Å². The number of carbonyl (C=O) groups is 3. The van der Waals surface area contributed by atoms with Gasteiger partial charge >= 0.3 is 12.1 Å². The summed E-state index contributed by atoms with van der Waals surface area (Å²) in [6, 6.07) is 16.3. The largest absolute Gasteiger partial charge is 0.481 e. The minimum atomic E-state index is -0.921. The third-order valence-corrected chi connectivity index (χ3v) is 6.26. The molecule has 2 unspecified atom stereocenters. The van der Waals surface area contributed by atoms with Gasteiger partial charge in [0.1, 0.15) is 6.61 Å². The number of amides is 2. The van der Waals surface area contributed by atoms with Crippen LogP contribution in [0.2, 0.25) is 0 Å². The monoisotopic (exact) mass is 452 g/mol. The predicted molar refractivity (Wildman–Crippen MR) is 126 cm³/mol. The number of benzene rings is 2. The third kappa shape index (κ3) is 5.92. The number of carboxylic acids is 1. The van der Waals surface area contributed by atoms with Gasteiger partial charge in [0.15, 0.2) is 0 Å². The molecule has 0 aliphatic heterocycles. The van der Waals surface area contributed by atoms with E-state index in [1.807, 2.05) is 38.1 Å². The van der Waals surface area contributed by atoms with Gasteiger partial charge in [-0.3, -0.25) is 9.59 Å². The molecule has 0 spiro atoms. The van der Waals surface area contributed by atoms with Gasteiger partial charge in [0.25, 0.3) is 0 Å². The Hall–Kier alpha value is -3.35. The van der Waals surface area contributed by atoms with Crippen LogP contribution in [-0.2, 0) is 14.3 Å². The maximum Gasteiger partial charge on any atom is 0.407 e. The summed E-state index contributed by atoms with van der Waals surface area (Å²) in [7, 11) is 0. The van der Waals surface area contributed by atoms with Gasteiger partial charge in [-0.25, -0.2) is 4.79 Å². The molecule has 0 saturated carbocycles. The smallest absolute Gasteiger partial charge is 0.407 e. The van der Waals surface area contributed by atoms with Crippen molar-refractivity contribution in [1.82, 2.24) is 10.6 Å². The summed E-state index contributed by atoms with van der Waals surface area (Å²) in [6.07, 6.45) is -0.0923. The molecule has 33 heavy (non-hydrogen) atoms. The van der Waals surface area contributed by atoms with Crippen molar-refractivity contribution in [2.45, 2.75) is 33.1 Å². The van der Waals surface area contributed by atoms with Crippen LogP contribution in [0, 0.1) is 17.8 Å². The second-order valence-electron chi connectivity index (χ2n) is 8.88. The zero-order valence-electron chi connectivity index (χ0n) is 19.3. The van der Waals surface area contributed by atoms with Gasteiger partial charge < -0.3 is 20.5 Å². The molecule has 2 aromatic carbocycles. The zero-order chi connectivity index (χ0) is 24.0. The maximum atomic E-state index is 12.3. The highest BCUT2D eigenvalue weighted by Crippen LogP contribution is 2.44. The van der Waals surface area contributed by atoms with Crippen molar-refractivity contribution in [3.8, 4) is 11.1 Å². The highest BCUT2D eigenvalue weighted by Gasteiger charge is 2.29. The first-order valence-corrected chi connectivity index (χ1v) is 11.4. The molecule has 0 bridgehead atoms. The van der Waals surface area contributed by atoms with Crippen LogP contribution in [0.1, 0.15) is 44.2 Å². The van der Waals surface area contributed by atoms with Gasteiger partial charge in [-0.1, -0.05) is 69.3 Å². The van der Waals surface area contributed by atoms with Crippen molar-refractivity contribution in [3.05, 3.63) is 59.7 Å². The molecule has 0 radical (unpaired) electrons. The molecule has 2 aromatic rings. The molecule has 0 aromatic heterocycles. The third-order valence-electron chi connectivity index (χ3n) is 6.26. The van der Waals surface area contributed by atoms with Gasteiger partial charge in [-0.05, 0) is 34.6 Å². The van der Waals surface area contributed by atoms with E-state index >= 15 is 0 Å². The first-order valence-electron chi connectivity index (χ1n) is 11.4. The van der Waals surface area contributed by atoms with E-state index < -0.39 is 18.0 Å². The van der Waals surface area contributed by atoms with Gasteiger partial charge in [0.2, 0.25) is 5.91 Å². The van der Waals surface area contributed by atoms with Crippen molar-refractivity contribution < 1.29 is 24.2 Å². The van der Waals surface area contributed by atoms with E-state index in [-0.39, 0.29) is 43.4 Å². The summed E-state index contributed by atoms with van der Waals surface area (Å²) in [5.74, 6) is -2.21. The first kappa shape index (κ1) is 24.3. The maximum absolute atomic E-state index is 12.3. The van der Waals surface area contributed by atoms with Crippen molar-refractivity contribution >= 4 is 18.0 Å². The van der Waals surface area contributed by atoms with Crippen molar-refractivity contribution in [2.75, 3.05) is 19.7 Å². The van der Waals surface area contributed by atoms with Crippen LogP contribution in [0.15, 0.2) is 48.5 Å². The number of rotatable bonds is 10. The summed E-state index contributed by atoms with van der Waals surface area (Å²) in [5, 5.41) is 14.6. The highest BCUT2D eigenvalue weighted by atomic mass is 16.5. The summed E-state index contributed by atoms with van der Waals surface area (Å²) in [4.78, 5) is 35.7. The summed E-state index contributed by atoms with van der Waals surface area (Å²) in [6.45, 7) is 5.99. The van der Waals surface area contributed by atoms with Crippen LogP contribution in [-0.4, -0.2) is 42.8 Å². The molecule has 0 heterocycles. The quantitative estimate of drug-likeness (QED) is 0.505. The fourth-order valence-corrected chi connectivity index (χ4v) is 4.16. The van der Waals surface area contributed by atoms with Gasteiger partial charge in [-0.2, -0.15) is 0 Å². The second kappa shape index (κ2) is 11.0. The van der Waals surface area contributed by atoms with Crippen LogP contribution in [0.25, 0.3) is 11.1 Å². The summed E-state index contributed by atoms with van der Waals surface area (Å²) in [5.41, 5.74) is 4.64. The Morgan fingerprint density at radius 2 is 1.52 bits per heavy atom. The van der Waals surface area contributed by atoms with Crippen LogP contribution >= 0.6 is 0 Å². The van der Waals surface area contributed by atoms with E-state index in [2.05, 4.69) is 34.9 Å². The van der Waals surface area contributed by atoms with E-state index in [1.165, 1.54) is 11.1 Å². The van der Waals surface area contributed by atoms with E-state index in [9.17, 15) is 19.5 Å². The lowest BCUT2D eigenvalue weighted by molar-refractivity contribution is -0.143. The second-order valence-corrected chi connectivity index (χ2v) is 8.88. The lowest BCUT2D eigenvalue weighted by Crippen LogP contribution is -2.39. The molecular formula is C26H32N2O5. The predicted octanol–water partition coefficient (Wildman–Crippen LogP) is 4.02. The zero-order valence-corrected chi connectivity index (χ0v) is 19.3. The number of carbonyl (C=O) groups excluding carboxylic acids is 2. The minimum absolute atomic E-state index is 0.00371. The van der Waals surface area contributed by atoms with Gasteiger partial charge in [0, 0.05) is 24.9 Å². The normalized spacial score (nSPS) is 14.2. The molecule has 0 saturated heterocycles. The molecule has 2 amide bonds. The number of nitrogens with one attached hydrogen (secondary N) is 2. The van der Waals surface area contributed by atoms with Crippen molar-refractivity contribution in [1.29, 1.82) is 0 Å². The molecule has 176 valence electrons. The number of hydrogen-bond acceptors (Lipinski definition) is 4. The molecule has 3 rings (SSSR count). The number of hydrogen-bond donors (Lipinski definition) is 3. The average Bonchev–Trinajstić information content (AvgIpc) is 3.11. The standard InChI is InChI=1S/C26H32N2O5/c1-16(2)22(25(30)31)14-28-24(29)17(3)12-13-27-26(32)33-15-23-20-10-6-4-8-18(20)19-9-5-7-11-21(19)23/h4-11,16-17,22-23H,12-15H2,1-3H3,(H,27,32)(H,28,29)(H,30,31). The number of carboxylic acid groups (broad SMARTS) is 1. The molecule has 2 atom stereocenters. The van der Waals surface area contributed by atoms with Crippen LogP contribution in [0.3, 0.4) is 0 Å². The van der Waals surface area contributed by atoms with E-state index in [4.69, 9.17) is 4.74 Å². The molecule has 0 fully saturated rings. The molecular weight excluding hydrogens is 420 g/mol. The summed E-state index contributed by atoms with van der Waals surface area (Å²) >= 11 is 0. The molecule has 1 aliphatic rings. The Balaban J connectivity index is 1.43. The summed E-state index contributed by atoms with van der Waals surface area (Å²) < 4.78 is 5.50. The molecule has 7 nitrogen and oxygen atoms in total. The Morgan fingerprint density at radius 3 is 2.06 bits per heavy atom. The number of alkyl carbamates (subject to hydrolysis) is 1. The lowest BCUT2D eigenvalue weighted by Gasteiger charge is -2.19. The molecule has 3 N–H and O–H groups in total. The fraction of sp³-hybridized carbons (Fsp3) is 0.423. The average molecular weight is 453 g/mol. The number of aliphatic carboxylic acids is 1. The fourth-order valence-electron chi connectivity index (χ4n) is 4.16. The Labute approximate surface area is 194 Å². The van der Waals surface area contributed by atoms with Crippen molar-refractivity contribution in [2.24, 2.45) is 17.8 Å². The minimum Gasteiger partial charge on any atom is -0.481 e. The Bertz CT molecular complexity index is 958. The lowest BCUT2D eigenvalue weighted by atomic mass is 9.95. The number of ether oxygens (including phenoxy) is 1. The molecule has 1 aliphatic carbocycles. The Morgan fingerprint density at radius 1 is 0.939 bits per heavy atom. The van der Waals surface area contributed by atoms with E-state index in [0.717, 1.165) is 11.1 Å². The van der Waals surface area contributed by atoms with Crippen LogP contribution < -0.4 is 10.6 Å². The van der Waals surface area contributed by atoms with Crippen LogP contribution in [0.4, 0.5) is 4.79 Å². The first-order chi connectivity index (χ1) is 15.8. The molecule has 7 heteroatoms. The van der Waals surface area contributed by atoms with Gasteiger partial charge in [-0.15, -0.1) is 0 Å². The van der Waals surface area contributed by atoms with E-state index in [1.54, 1.807) is 6.92 Å². The highest BCUT2D eigenvalue weighted by molar-refractivity contribution is 5.80. The van der Waals surface area contributed by atoms with Crippen molar-refractivity contribution in [3.63, 3.8) is 0 Å². The van der Waals surface area contributed by atoms with Crippen LogP contribution in [0.5, 0.6) is 0 Å². The SMILES string of the molecule is CC(CCNC(=O)OCC1c2ccccc2-c2ccccc21)C(=O)NCC(C(=O)O)C(C)C. The Kier molecular flexibility index (Phi) is 8.09. The number of fused-ring (bicyclic) bond motifs is 3.